The van der Waals surface area contributed by atoms with Gasteiger partial charge in [-0.25, -0.2) is 4.98 Å². The lowest BCUT2D eigenvalue weighted by atomic mass is 10.2. The molecule has 20 heavy (non-hydrogen) atoms. The average Bonchev–Trinajstić information content (AvgIpc) is 2.46. The fraction of sp³-hybridized carbons (Fsp3) is 0.143. The number of pyridine rings is 1. The van der Waals surface area contributed by atoms with Crippen molar-refractivity contribution in [1.82, 2.24) is 10.3 Å². The van der Waals surface area contributed by atoms with Crippen LogP contribution in [0, 0.1) is 0 Å². The third-order valence-corrected chi connectivity index (χ3v) is 3.39. The summed E-state index contributed by atoms with van der Waals surface area (Å²) in [6.07, 6.45) is 1.64. The van der Waals surface area contributed by atoms with Gasteiger partial charge in [0.1, 0.15) is 5.82 Å². The van der Waals surface area contributed by atoms with Crippen LogP contribution in [-0.2, 0) is 6.54 Å². The molecular weight excluding hydrogens is 342 g/mol. The van der Waals surface area contributed by atoms with E-state index in [-0.39, 0.29) is 5.91 Å². The van der Waals surface area contributed by atoms with Crippen molar-refractivity contribution in [3.8, 4) is 0 Å². The smallest absolute Gasteiger partial charge is 0.255 e. The Balaban J connectivity index is 2.08. The van der Waals surface area contributed by atoms with Crippen molar-refractivity contribution in [2.24, 2.45) is 0 Å². The number of amides is 1. The van der Waals surface area contributed by atoms with E-state index in [1.54, 1.807) is 31.4 Å². The molecule has 0 radical (unpaired) electrons. The van der Waals surface area contributed by atoms with Crippen LogP contribution in [-0.4, -0.2) is 17.9 Å². The predicted octanol–water partition coefficient (Wildman–Crippen LogP) is 3.47. The van der Waals surface area contributed by atoms with E-state index in [9.17, 15) is 4.79 Å². The Bertz CT molecular complexity index is 616. The average molecular weight is 355 g/mol. The van der Waals surface area contributed by atoms with Gasteiger partial charge in [-0.15, -0.1) is 0 Å². The standard InChI is InChI=1S/C14H13BrClN3O/c1-17-13-12(6-10(15)8-18-13)14(20)19-7-9-2-4-11(16)5-3-9/h2-6,8H,7H2,1H3,(H,17,18)(H,19,20). The van der Waals surface area contributed by atoms with Crippen molar-refractivity contribution >= 4 is 39.3 Å². The maximum Gasteiger partial charge on any atom is 0.255 e. The number of hydrogen-bond donors (Lipinski definition) is 2. The highest BCUT2D eigenvalue weighted by atomic mass is 79.9. The van der Waals surface area contributed by atoms with E-state index in [4.69, 9.17) is 11.6 Å². The van der Waals surface area contributed by atoms with E-state index in [0.717, 1.165) is 10.0 Å². The van der Waals surface area contributed by atoms with E-state index in [2.05, 4.69) is 31.5 Å². The van der Waals surface area contributed by atoms with Crippen molar-refractivity contribution in [3.05, 3.63) is 57.2 Å². The van der Waals surface area contributed by atoms with Gasteiger partial charge in [0.2, 0.25) is 0 Å². The molecule has 0 saturated carbocycles. The SMILES string of the molecule is CNc1ncc(Br)cc1C(=O)NCc1ccc(Cl)cc1. The molecule has 6 heteroatoms. The van der Waals surface area contributed by atoms with Crippen LogP contribution in [0.15, 0.2) is 41.0 Å². The van der Waals surface area contributed by atoms with Crippen LogP contribution < -0.4 is 10.6 Å². The van der Waals surface area contributed by atoms with Crippen molar-refractivity contribution in [2.45, 2.75) is 6.54 Å². The Kier molecular flexibility index (Phi) is 4.98. The minimum Gasteiger partial charge on any atom is -0.372 e. The van der Waals surface area contributed by atoms with E-state index in [1.165, 1.54) is 0 Å². The summed E-state index contributed by atoms with van der Waals surface area (Å²) in [6.45, 7) is 0.436. The molecule has 0 spiro atoms. The van der Waals surface area contributed by atoms with Crippen LogP contribution >= 0.6 is 27.5 Å². The largest absolute Gasteiger partial charge is 0.372 e. The highest BCUT2D eigenvalue weighted by Crippen LogP contribution is 2.17. The molecule has 1 aromatic heterocycles. The lowest BCUT2D eigenvalue weighted by Crippen LogP contribution is -2.24. The van der Waals surface area contributed by atoms with Gasteiger partial charge in [-0.1, -0.05) is 23.7 Å². The first-order chi connectivity index (χ1) is 9.60. The maximum absolute atomic E-state index is 12.2. The molecule has 2 N–H and O–H groups in total. The second-order valence-electron chi connectivity index (χ2n) is 4.11. The molecule has 1 heterocycles. The zero-order valence-corrected chi connectivity index (χ0v) is 13.1. The van der Waals surface area contributed by atoms with Crippen LogP contribution in [0.3, 0.4) is 0 Å². The van der Waals surface area contributed by atoms with Gasteiger partial charge in [0.25, 0.3) is 5.91 Å². The number of halogens is 2. The maximum atomic E-state index is 12.2. The fourth-order valence-corrected chi connectivity index (χ4v) is 2.15. The molecule has 0 bridgehead atoms. The third kappa shape index (κ3) is 3.71. The Labute approximate surface area is 130 Å². The van der Waals surface area contributed by atoms with Crippen LogP contribution in [0.4, 0.5) is 5.82 Å². The number of anilines is 1. The Morgan fingerprint density at radius 2 is 2.05 bits per heavy atom. The number of carbonyl (C=O) groups excluding carboxylic acids is 1. The number of aromatic nitrogens is 1. The Hall–Kier alpha value is -1.59. The molecule has 0 fully saturated rings. The van der Waals surface area contributed by atoms with Crippen molar-refractivity contribution in [2.75, 3.05) is 12.4 Å². The Morgan fingerprint density at radius 1 is 1.35 bits per heavy atom. The van der Waals surface area contributed by atoms with Gasteiger partial charge in [0.15, 0.2) is 0 Å². The Morgan fingerprint density at radius 3 is 2.70 bits per heavy atom. The molecule has 0 aliphatic heterocycles. The van der Waals surface area contributed by atoms with Gasteiger partial charge in [-0.3, -0.25) is 4.79 Å². The first kappa shape index (κ1) is 14.8. The molecular formula is C14H13BrClN3O. The minimum atomic E-state index is -0.182. The highest BCUT2D eigenvalue weighted by Gasteiger charge is 2.12. The van der Waals surface area contributed by atoms with E-state index >= 15 is 0 Å². The van der Waals surface area contributed by atoms with E-state index in [0.29, 0.717) is 22.9 Å². The van der Waals surface area contributed by atoms with Gasteiger partial charge < -0.3 is 10.6 Å². The summed E-state index contributed by atoms with van der Waals surface area (Å²) in [6, 6.07) is 9.07. The lowest BCUT2D eigenvalue weighted by molar-refractivity contribution is 0.0951. The summed E-state index contributed by atoms with van der Waals surface area (Å²) >= 11 is 9.13. The second-order valence-corrected chi connectivity index (χ2v) is 5.46. The highest BCUT2D eigenvalue weighted by molar-refractivity contribution is 9.10. The van der Waals surface area contributed by atoms with Crippen molar-refractivity contribution < 1.29 is 4.79 Å². The summed E-state index contributed by atoms with van der Waals surface area (Å²) in [4.78, 5) is 16.3. The molecule has 0 aliphatic carbocycles. The number of nitrogens with zero attached hydrogens (tertiary/aromatic N) is 1. The number of hydrogen-bond acceptors (Lipinski definition) is 3. The first-order valence-electron chi connectivity index (χ1n) is 5.96. The van der Waals surface area contributed by atoms with Crippen LogP contribution in [0.1, 0.15) is 15.9 Å². The molecule has 2 aromatic rings. The van der Waals surface area contributed by atoms with Crippen molar-refractivity contribution in [3.63, 3.8) is 0 Å². The molecule has 1 aromatic carbocycles. The van der Waals surface area contributed by atoms with Crippen molar-refractivity contribution in [1.29, 1.82) is 0 Å². The van der Waals surface area contributed by atoms with Gasteiger partial charge in [-0.05, 0) is 39.7 Å². The molecule has 2 rings (SSSR count). The number of nitrogens with one attached hydrogen (secondary N) is 2. The number of rotatable bonds is 4. The van der Waals surface area contributed by atoms with Crippen LogP contribution in [0.2, 0.25) is 5.02 Å². The minimum absolute atomic E-state index is 0.182. The summed E-state index contributed by atoms with van der Waals surface area (Å²) in [5, 5.41) is 6.43. The molecule has 0 unspecified atom stereocenters. The second kappa shape index (κ2) is 6.72. The van der Waals surface area contributed by atoms with Gasteiger partial charge in [0.05, 0.1) is 5.56 Å². The molecule has 1 amide bonds. The predicted molar refractivity (Wildman–Crippen MR) is 84.1 cm³/mol. The first-order valence-corrected chi connectivity index (χ1v) is 7.13. The van der Waals surface area contributed by atoms with E-state index in [1.807, 2.05) is 12.1 Å². The summed E-state index contributed by atoms with van der Waals surface area (Å²) in [5.74, 6) is 0.361. The molecule has 0 saturated heterocycles. The van der Waals surface area contributed by atoms with E-state index < -0.39 is 0 Å². The van der Waals surface area contributed by atoms with Crippen LogP contribution in [0.25, 0.3) is 0 Å². The molecule has 104 valence electrons. The zero-order valence-electron chi connectivity index (χ0n) is 10.8. The molecule has 0 aliphatic rings. The quantitative estimate of drug-likeness (QED) is 0.884. The fourth-order valence-electron chi connectivity index (χ4n) is 1.69. The number of benzene rings is 1. The lowest BCUT2D eigenvalue weighted by Gasteiger charge is -2.09. The van der Waals surface area contributed by atoms with Gasteiger partial charge in [0, 0.05) is 29.3 Å². The zero-order chi connectivity index (χ0) is 14.5. The van der Waals surface area contributed by atoms with Crippen LogP contribution in [0.5, 0.6) is 0 Å². The summed E-state index contributed by atoms with van der Waals surface area (Å²) in [7, 11) is 1.73. The summed E-state index contributed by atoms with van der Waals surface area (Å²) in [5.41, 5.74) is 1.48. The van der Waals surface area contributed by atoms with Gasteiger partial charge in [-0.2, -0.15) is 0 Å². The van der Waals surface area contributed by atoms with Gasteiger partial charge >= 0.3 is 0 Å². The number of carbonyl (C=O) groups is 1. The topological polar surface area (TPSA) is 54.0 Å². The molecule has 4 nitrogen and oxygen atoms in total. The molecule has 0 atom stereocenters. The monoisotopic (exact) mass is 353 g/mol. The summed E-state index contributed by atoms with van der Waals surface area (Å²) < 4.78 is 0.758. The normalized spacial score (nSPS) is 10.2. The third-order valence-electron chi connectivity index (χ3n) is 2.70.